The van der Waals surface area contributed by atoms with Crippen LogP contribution in [0.4, 0.5) is 17.6 Å². The average Bonchev–Trinajstić information content (AvgIpc) is 2.68. The van der Waals surface area contributed by atoms with Gasteiger partial charge in [-0.1, -0.05) is 24.3 Å². The molecule has 0 bridgehead atoms. The molecular formula is C17H17BF4O3. The van der Waals surface area contributed by atoms with E-state index in [1.165, 1.54) is 6.07 Å². The second kappa shape index (κ2) is 5.61. The first kappa shape index (κ1) is 18.0. The molecule has 0 aliphatic carbocycles. The fourth-order valence-electron chi connectivity index (χ4n) is 2.73. The minimum absolute atomic E-state index is 0.0154. The van der Waals surface area contributed by atoms with Gasteiger partial charge in [-0.25, -0.2) is 4.39 Å². The number of fused-ring (bicyclic) bond motifs is 1. The van der Waals surface area contributed by atoms with Crippen LogP contribution in [-0.2, 0) is 9.31 Å². The van der Waals surface area contributed by atoms with Crippen LogP contribution < -0.4 is 10.2 Å². The Morgan fingerprint density at radius 3 is 2.12 bits per heavy atom. The first-order valence-electron chi connectivity index (χ1n) is 7.74. The fraction of sp³-hybridized carbons (Fsp3) is 0.412. The predicted molar refractivity (Wildman–Crippen MR) is 86.3 cm³/mol. The molecule has 0 aromatic heterocycles. The molecule has 1 heterocycles. The molecule has 1 aliphatic heterocycles. The van der Waals surface area contributed by atoms with Crippen LogP contribution >= 0.6 is 0 Å². The zero-order valence-corrected chi connectivity index (χ0v) is 14.2. The highest BCUT2D eigenvalue weighted by Crippen LogP contribution is 2.39. The third-order valence-electron chi connectivity index (χ3n) is 4.71. The van der Waals surface area contributed by atoms with Crippen molar-refractivity contribution >= 4 is 23.4 Å². The molecule has 0 atom stereocenters. The molecule has 2 aromatic carbocycles. The van der Waals surface area contributed by atoms with E-state index < -0.39 is 36.2 Å². The van der Waals surface area contributed by atoms with Gasteiger partial charge in [-0.2, -0.15) is 0 Å². The Kier molecular flexibility index (Phi) is 4.04. The Morgan fingerprint density at radius 2 is 1.56 bits per heavy atom. The molecular weight excluding hydrogens is 339 g/mol. The van der Waals surface area contributed by atoms with E-state index in [1.807, 2.05) is 27.7 Å². The Labute approximate surface area is 143 Å². The van der Waals surface area contributed by atoms with Crippen LogP contribution in [0, 0.1) is 5.82 Å². The summed E-state index contributed by atoms with van der Waals surface area (Å²) in [5.41, 5.74) is -1.08. The minimum atomic E-state index is -5.02. The third-order valence-corrected chi connectivity index (χ3v) is 4.71. The molecule has 3 nitrogen and oxygen atoms in total. The molecule has 2 aromatic rings. The van der Waals surface area contributed by atoms with E-state index in [0.29, 0.717) is 5.39 Å². The Hall–Kier alpha value is -1.80. The van der Waals surface area contributed by atoms with Gasteiger partial charge in [0, 0.05) is 5.39 Å². The van der Waals surface area contributed by atoms with Crippen molar-refractivity contribution < 1.29 is 31.6 Å². The van der Waals surface area contributed by atoms with Gasteiger partial charge in [0.2, 0.25) is 0 Å². The molecule has 134 valence electrons. The summed E-state index contributed by atoms with van der Waals surface area (Å²) in [5.74, 6) is -1.98. The summed E-state index contributed by atoms with van der Waals surface area (Å²) in [6.07, 6.45) is -5.02. The molecule has 0 spiro atoms. The quantitative estimate of drug-likeness (QED) is 0.597. The summed E-state index contributed by atoms with van der Waals surface area (Å²) in [4.78, 5) is 0. The van der Waals surface area contributed by atoms with Gasteiger partial charge in [-0.3, -0.25) is 0 Å². The van der Waals surface area contributed by atoms with Gasteiger partial charge in [-0.15, -0.1) is 13.2 Å². The SMILES string of the molecule is CC1(C)OB(c2cccc3ccc(F)c(OC(F)(F)F)c23)OC1(C)C. The summed E-state index contributed by atoms with van der Waals surface area (Å²) in [5, 5.41) is 0.381. The molecule has 1 saturated heterocycles. The molecule has 3 rings (SSSR count). The number of hydrogen-bond donors (Lipinski definition) is 0. The molecule has 25 heavy (non-hydrogen) atoms. The van der Waals surface area contributed by atoms with Crippen LogP contribution in [0.1, 0.15) is 27.7 Å². The Bertz CT molecular complexity index is 801. The van der Waals surface area contributed by atoms with Gasteiger partial charge in [-0.05, 0) is 44.6 Å². The summed E-state index contributed by atoms with van der Waals surface area (Å²) in [6, 6.07) is 7.11. The first-order chi connectivity index (χ1) is 11.4. The van der Waals surface area contributed by atoms with Crippen molar-refractivity contribution in [2.24, 2.45) is 0 Å². The number of ether oxygens (including phenoxy) is 1. The first-order valence-corrected chi connectivity index (χ1v) is 7.74. The van der Waals surface area contributed by atoms with E-state index in [9.17, 15) is 17.6 Å². The highest BCUT2D eigenvalue weighted by atomic mass is 19.4. The van der Waals surface area contributed by atoms with Crippen LogP contribution in [0.25, 0.3) is 10.8 Å². The van der Waals surface area contributed by atoms with Crippen LogP contribution in [0.15, 0.2) is 30.3 Å². The number of halogens is 4. The maximum absolute atomic E-state index is 14.1. The highest BCUT2D eigenvalue weighted by molar-refractivity contribution is 6.65. The maximum Gasteiger partial charge on any atom is 0.573 e. The van der Waals surface area contributed by atoms with Crippen LogP contribution in [0.5, 0.6) is 5.75 Å². The van der Waals surface area contributed by atoms with E-state index in [-0.39, 0.29) is 10.8 Å². The van der Waals surface area contributed by atoms with Gasteiger partial charge in [0.1, 0.15) is 0 Å². The van der Waals surface area contributed by atoms with Gasteiger partial charge < -0.3 is 14.0 Å². The highest BCUT2D eigenvalue weighted by Gasteiger charge is 2.52. The van der Waals surface area contributed by atoms with Crippen molar-refractivity contribution in [1.29, 1.82) is 0 Å². The maximum atomic E-state index is 14.1. The largest absolute Gasteiger partial charge is 0.573 e. The normalized spacial score (nSPS) is 19.4. The lowest BCUT2D eigenvalue weighted by atomic mass is 9.76. The number of hydrogen-bond acceptors (Lipinski definition) is 3. The molecule has 0 unspecified atom stereocenters. The van der Waals surface area contributed by atoms with Crippen molar-refractivity contribution in [1.82, 2.24) is 0 Å². The average molecular weight is 356 g/mol. The second-order valence-corrected chi connectivity index (χ2v) is 6.96. The topological polar surface area (TPSA) is 27.7 Å². The molecule has 0 saturated carbocycles. The zero-order chi connectivity index (χ0) is 18.6. The van der Waals surface area contributed by atoms with Crippen molar-refractivity contribution in [3.8, 4) is 5.75 Å². The van der Waals surface area contributed by atoms with E-state index >= 15 is 0 Å². The Balaban J connectivity index is 2.19. The minimum Gasteiger partial charge on any atom is -0.402 e. The summed E-state index contributed by atoms with van der Waals surface area (Å²) < 4.78 is 68.1. The Morgan fingerprint density at radius 1 is 0.960 bits per heavy atom. The van der Waals surface area contributed by atoms with Gasteiger partial charge >= 0.3 is 13.5 Å². The van der Waals surface area contributed by atoms with Gasteiger partial charge in [0.25, 0.3) is 0 Å². The number of alkyl halides is 3. The summed E-state index contributed by atoms with van der Waals surface area (Å²) >= 11 is 0. The van der Waals surface area contributed by atoms with Crippen LogP contribution in [0.2, 0.25) is 0 Å². The van der Waals surface area contributed by atoms with E-state index in [4.69, 9.17) is 9.31 Å². The standard InChI is InChI=1S/C17H17BF4O3/c1-15(2)16(3,4)25-18(24-15)11-7-5-6-10-8-9-12(19)14(13(10)11)23-17(20,21)22/h5-9H,1-4H3. The van der Waals surface area contributed by atoms with E-state index in [1.54, 1.807) is 18.2 Å². The van der Waals surface area contributed by atoms with E-state index in [2.05, 4.69) is 4.74 Å². The molecule has 0 N–H and O–H groups in total. The third kappa shape index (κ3) is 3.20. The zero-order valence-electron chi connectivity index (χ0n) is 14.2. The van der Waals surface area contributed by atoms with Gasteiger partial charge in [0.05, 0.1) is 11.2 Å². The molecule has 0 amide bonds. The molecule has 1 aliphatic rings. The monoisotopic (exact) mass is 356 g/mol. The van der Waals surface area contributed by atoms with Crippen molar-refractivity contribution in [2.45, 2.75) is 45.3 Å². The predicted octanol–water partition coefficient (Wildman–Crippen LogP) is 4.18. The second-order valence-electron chi connectivity index (χ2n) is 6.96. The number of benzene rings is 2. The van der Waals surface area contributed by atoms with Gasteiger partial charge in [0.15, 0.2) is 11.6 Å². The number of rotatable bonds is 2. The van der Waals surface area contributed by atoms with Crippen molar-refractivity contribution in [3.63, 3.8) is 0 Å². The van der Waals surface area contributed by atoms with Crippen LogP contribution in [0.3, 0.4) is 0 Å². The molecule has 1 fully saturated rings. The lowest BCUT2D eigenvalue weighted by Crippen LogP contribution is -2.41. The van der Waals surface area contributed by atoms with Crippen LogP contribution in [-0.4, -0.2) is 24.7 Å². The summed E-state index contributed by atoms with van der Waals surface area (Å²) in [7, 11) is -0.939. The lowest BCUT2D eigenvalue weighted by Gasteiger charge is -2.32. The molecule has 8 heteroatoms. The summed E-state index contributed by atoms with van der Waals surface area (Å²) in [6.45, 7) is 7.30. The molecule has 0 radical (unpaired) electrons. The lowest BCUT2D eigenvalue weighted by molar-refractivity contribution is -0.275. The fourth-order valence-corrected chi connectivity index (χ4v) is 2.73. The van der Waals surface area contributed by atoms with Crippen molar-refractivity contribution in [2.75, 3.05) is 0 Å². The smallest absolute Gasteiger partial charge is 0.402 e. The van der Waals surface area contributed by atoms with Crippen molar-refractivity contribution in [3.05, 3.63) is 36.1 Å². The van der Waals surface area contributed by atoms with E-state index in [0.717, 1.165) is 6.07 Å².